The van der Waals surface area contributed by atoms with Gasteiger partial charge in [0.25, 0.3) is 0 Å². The van der Waals surface area contributed by atoms with Gasteiger partial charge >= 0.3 is 0 Å². The molecular formula is C15H26N2O. The summed E-state index contributed by atoms with van der Waals surface area (Å²) in [5.41, 5.74) is 7.04. The van der Waals surface area contributed by atoms with E-state index in [0.717, 1.165) is 24.4 Å². The lowest BCUT2D eigenvalue weighted by molar-refractivity contribution is 0.188. The van der Waals surface area contributed by atoms with Crippen LogP contribution < -0.4 is 10.5 Å². The number of hydrogen-bond acceptors (Lipinski definition) is 3. The van der Waals surface area contributed by atoms with Crippen LogP contribution in [0.2, 0.25) is 0 Å². The largest absolute Gasteiger partial charge is 0.492 e. The summed E-state index contributed by atoms with van der Waals surface area (Å²) in [4.78, 5) is 2.30. The molecule has 18 heavy (non-hydrogen) atoms. The van der Waals surface area contributed by atoms with E-state index in [9.17, 15) is 0 Å². The van der Waals surface area contributed by atoms with Crippen LogP contribution in [-0.2, 0) is 6.54 Å². The van der Waals surface area contributed by atoms with Gasteiger partial charge in [0.1, 0.15) is 12.4 Å². The molecule has 0 fully saturated rings. The lowest BCUT2D eigenvalue weighted by atomic mass is 9.96. The highest BCUT2D eigenvalue weighted by Gasteiger charge is 2.13. The lowest BCUT2D eigenvalue weighted by Crippen LogP contribution is -2.32. The average Bonchev–Trinajstić information content (AvgIpc) is 2.27. The van der Waals surface area contributed by atoms with Gasteiger partial charge in [-0.15, -0.1) is 0 Å². The number of benzene rings is 1. The van der Waals surface area contributed by atoms with E-state index in [2.05, 4.69) is 32.7 Å². The molecule has 3 heteroatoms. The molecule has 0 atom stereocenters. The molecule has 0 spiro atoms. The maximum atomic E-state index is 5.74. The topological polar surface area (TPSA) is 38.5 Å². The van der Waals surface area contributed by atoms with Gasteiger partial charge in [0.2, 0.25) is 0 Å². The Morgan fingerprint density at radius 3 is 2.61 bits per heavy atom. The Labute approximate surface area is 111 Å². The Bertz CT molecular complexity index is 358. The van der Waals surface area contributed by atoms with Crippen molar-refractivity contribution in [2.45, 2.75) is 27.3 Å². The molecule has 0 unspecified atom stereocenters. The van der Waals surface area contributed by atoms with Crippen molar-refractivity contribution in [1.82, 2.24) is 4.90 Å². The third kappa shape index (κ3) is 6.03. The molecule has 0 aliphatic carbocycles. The van der Waals surface area contributed by atoms with E-state index < -0.39 is 0 Å². The quantitative estimate of drug-likeness (QED) is 0.843. The average molecular weight is 250 g/mol. The summed E-state index contributed by atoms with van der Waals surface area (Å²) in [5.74, 6) is 0.905. The van der Waals surface area contributed by atoms with Crippen molar-refractivity contribution in [1.29, 1.82) is 0 Å². The van der Waals surface area contributed by atoms with Crippen LogP contribution in [0.5, 0.6) is 5.75 Å². The van der Waals surface area contributed by atoms with E-state index in [4.69, 9.17) is 10.5 Å². The number of hydrogen-bond donors (Lipinski definition) is 1. The van der Waals surface area contributed by atoms with Gasteiger partial charge in [-0.05, 0) is 30.2 Å². The Kier molecular flexibility index (Phi) is 5.63. The molecule has 0 saturated heterocycles. The zero-order chi connectivity index (χ0) is 13.6. The molecule has 1 rings (SSSR count). The van der Waals surface area contributed by atoms with Crippen LogP contribution >= 0.6 is 0 Å². The van der Waals surface area contributed by atoms with Gasteiger partial charge in [-0.3, -0.25) is 0 Å². The highest BCUT2D eigenvalue weighted by Crippen LogP contribution is 2.15. The fourth-order valence-electron chi connectivity index (χ4n) is 1.97. The molecule has 0 aliphatic rings. The summed E-state index contributed by atoms with van der Waals surface area (Å²) < 4.78 is 5.74. The zero-order valence-electron chi connectivity index (χ0n) is 12.1. The molecule has 102 valence electrons. The van der Waals surface area contributed by atoms with E-state index >= 15 is 0 Å². The Hall–Kier alpha value is -1.06. The SMILES string of the molecule is CN(CCOc1cccc(CN)c1)CC(C)(C)C. The Balaban J connectivity index is 2.32. The molecule has 0 radical (unpaired) electrons. The number of likely N-dealkylation sites (N-methyl/N-ethyl adjacent to an activating group) is 1. The molecule has 0 bridgehead atoms. The first kappa shape index (κ1) is 15.0. The normalized spacial score (nSPS) is 11.9. The van der Waals surface area contributed by atoms with Crippen molar-refractivity contribution in [3.8, 4) is 5.75 Å². The predicted molar refractivity (Wildman–Crippen MR) is 76.8 cm³/mol. The van der Waals surface area contributed by atoms with Crippen LogP contribution in [0.4, 0.5) is 0 Å². The summed E-state index contributed by atoms with van der Waals surface area (Å²) in [6.45, 7) is 10.0. The third-order valence-electron chi connectivity index (χ3n) is 2.62. The van der Waals surface area contributed by atoms with Gasteiger partial charge in [0.05, 0.1) is 0 Å². The van der Waals surface area contributed by atoms with Gasteiger partial charge < -0.3 is 15.4 Å². The van der Waals surface area contributed by atoms with Crippen molar-refractivity contribution < 1.29 is 4.74 Å². The minimum absolute atomic E-state index is 0.328. The zero-order valence-corrected chi connectivity index (χ0v) is 12.1. The van der Waals surface area contributed by atoms with E-state index in [1.54, 1.807) is 0 Å². The standard InChI is InChI=1S/C15H26N2O/c1-15(2,3)12-17(4)8-9-18-14-7-5-6-13(10-14)11-16/h5-7,10H,8-9,11-12,16H2,1-4H3. The molecule has 1 aromatic carbocycles. The second-order valence-corrected chi connectivity index (χ2v) is 6.00. The van der Waals surface area contributed by atoms with Crippen molar-refractivity contribution in [2.75, 3.05) is 26.7 Å². The summed E-state index contributed by atoms with van der Waals surface area (Å²) in [6, 6.07) is 7.97. The smallest absolute Gasteiger partial charge is 0.119 e. The highest BCUT2D eigenvalue weighted by atomic mass is 16.5. The highest BCUT2D eigenvalue weighted by molar-refractivity contribution is 5.28. The maximum absolute atomic E-state index is 5.74. The monoisotopic (exact) mass is 250 g/mol. The van der Waals surface area contributed by atoms with Crippen LogP contribution in [0, 0.1) is 5.41 Å². The maximum Gasteiger partial charge on any atom is 0.119 e. The van der Waals surface area contributed by atoms with Crippen LogP contribution in [0.25, 0.3) is 0 Å². The van der Waals surface area contributed by atoms with Gasteiger partial charge in [0, 0.05) is 19.6 Å². The minimum atomic E-state index is 0.328. The molecule has 0 aliphatic heterocycles. The summed E-state index contributed by atoms with van der Waals surface area (Å²) >= 11 is 0. The molecule has 1 aromatic rings. The van der Waals surface area contributed by atoms with Crippen LogP contribution in [0.15, 0.2) is 24.3 Å². The molecule has 3 nitrogen and oxygen atoms in total. The van der Waals surface area contributed by atoms with Crippen molar-refractivity contribution in [3.63, 3.8) is 0 Å². The molecule has 0 saturated carbocycles. The first-order chi connectivity index (χ1) is 8.40. The second-order valence-electron chi connectivity index (χ2n) is 6.00. The molecule has 0 amide bonds. The summed E-state index contributed by atoms with van der Waals surface area (Å²) in [7, 11) is 2.13. The third-order valence-corrected chi connectivity index (χ3v) is 2.62. The van der Waals surface area contributed by atoms with Gasteiger partial charge in [-0.25, -0.2) is 0 Å². The molecule has 0 heterocycles. The second kappa shape index (κ2) is 6.76. The van der Waals surface area contributed by atoms with Gasteiger partial charge in [-0.1, -0.05) is 32.9 Å². The number of nitrogens with zero attached hydrogens (tertiary/aromatic N) is 1. The van der Waals surface area contributed by atoms with Gasteiger partial charge in [-0.2, -0.15) is 0 Å². The van der Waals surface area contributed by atoms with E-state index in [0.29, 0.717) is 18.6 Å². The van der Waals surface area contributed by atoms with Gasteiger partial charge in [0.15, 0.2) is 0 Å². The fraction of sp³-hybridized carbons (Fsp3) is 0.600. The number of nitrogens with two attached hydrogens (primary N) is 1. The number of ether oxygens (including phenoxy) is 1. The van der Waals surface area contributed by atoms with Crippen molar-refractivity contribution in [3.05, 3.63) is 29.8 Å². The minimum Gasteiger partial charge on any atom is -0.492 e. The van der Waals surface area contributed by atoms with E-state index in [1.807, 2.05) is 24.3 Å². The molecule has 0 aromatic heterocycles. The Morgan fingerprint density at radius 2 is 2.00 bits per heavy atom. The molecular weight excluding hydrogens is 224 g/mol. The fourth-order valence-corrected chi connectivity index (χ4v) is 1.97. The van der Waals surface area contributed by atoms with Crippen molar-refractivity contribution >= 4 is 0 Å². The molecule has 2 N–H and O–H groups in total. The first-order valence-electron chi connectivity index (χ1n) is 6.51. The van der Waals surface area contributed by atoms with E-state index in [-0.39, 0.29) is 0 Å². The first-order valence-corrected chi connectivity index (χ1v) is 6.51. The van der Waals surface area contributed by atoms with Crippen LogP contribution in [-0.4, -0.2) is 31.6 Å². The van der Waals surface area contributed by atoms with Crippen molar-refractivity contribution in [2.24, 2.45) is 11.1 Å². The summed E-state index contributed by atoms with van der Waals surface area (Å²) in [5, 5.41) is 0. The van der Waals surface area contributed by atoms with E-state index in [1.165, 1.54) is 0 Å². The van der Waals surface area contributed by atoms with Crippen LogP contribution in [0.1, 0.15) is 26.3 Å². The van der Waals surface area contributed by atoms with Crippen LogP contribution in [0.3, 0.4) is 0 Å². The predicted octanol–water partition coefficient (Wildman–Crippen LogP) is 2.50. The summed E-state index contributed by atoms with van der Waals surface area (Å²) in [6.07, 6.45) is 0. The number of rotatable bonds is 6. The Morgan fingerprint density at radius 1 is 1.28 bits per heavy atom. The lowest BCUT2D eigenvalue weighted by Gasteiger charge is -2.26.